The molecule has 1 aliphatic heterocycles. The lowest BCUT2D eigenvalue weighted by atomic mass is 9.85. The van der Waals surface area contributed by atoms with Crippen LogP contribution < -0.4 is 5.32 Å². The number of hydrogen-bond donors (Lipinski definition) is 2. The number of phenolic OH excluding ortho intramolecular Hbond substituents is 1. The number of halogens is 1. The number of nitrogens with one attached hydrogen (secondary N) is 1. The van der Waals surface area contributed by atoms with Crippen molar-refractivity contribution in [2.24, 2.45) is 0 Å². The summed E-state index contributed by atoms with van der Waals surface area (Å²) in [7, 11) is 0. The maximum atomic E-state index is 14.7. The van der Waals surface area contributed by atoms with E-state index in [-0.39, 0.29) is 11.8 Å². The lowest BCUT2D eigenvalue weighted by Gasteiger charge is -2.34. The second-order valence-electron chi connectivity index (χ2n) is 4.63. The van der Waals surface area contributed by atoms with Crippen molar-refractivity contribution in [3.8, 4) is 5.75 Å². The number of phenols is 1. The van der Waals surface area contributed by atoms with E-state index >= 15 is 0 Å². The molecule has 0 radical (unpaired) electrons. The molecule has 0 saturated carbocycles. The van der Waals surface area contributed by atoms with Crippen molar-refractivity contribution in [2.45, 2.75) is 37.9 Å². The molecule has 0 spiro atoms. The van der Waals surface area contributed by atoms with Crippen LogP contribution in [0.3, 0.4) is 0 Å². The summed E-state index contributed by atoms with van der Waals surface area (Å²) in [6, 6.07) is 6.34. The van der Waals surface area contributed by atoms with Gasteiger partial charge >= 0.3 is 0 Å². The zero-order valence-corrected chi connectivity index (χ0v) is 9.54. The Balaban J connectivity index is 2.22. The Morgan fingerprint density at radius 2 is 2.25 bits per heavy atom. The van der Waals surface area contributed by atoms with Crippen molar-refractivity contribution in [2.75, 3.05) is 6.54 Å². The Hall–Kier alpha value is -1.09. The van der Waals surface area contributed by atoms with Crippen molar-refractivity contribution >= 4 is 0 Å². The summed E-state index contributed by atoms with van der Waals surface area (Å²) >= 11 is 0. The quantitative estimate of drug-likeness (QED) is 0.808. The van der Waals surface area contributed by atoms with Gasteiger partial charge in [0, 0.05) is 6.04 Å². The fraction of sp³-hybridized carbons (Fsp3) is 0.538. The molecule has 3 heteroatoms. The lowest BCUT2D eigenvalue weighted by molar-refractivity contribution is 0.107. The van der Waals surface area contributed by atoms with Gasteiger partial charge in [-0.05, 0) is 44.0 Å². The minimum absolute atomic E-state index is 0.122. The lowest BCUT2D eigenvalue weighted by Crippen LogP contribution is -2.46. The normalized spacial score (nSPS) is 25.0. The predicted molar refractivity (Wildman–Crippen MR) is 62.2 cm³/mol. The Labute approximate surface area is 95.5 Å². The van der Waals surface area contributed by atoms with E-state index < -0.39 is 5.67 Å². The van der Waals surface area contributed by atoms with Crippen LogP contribution in [0.15, 0.2) is 24.3 Å². The van der Waals surface area contributed by atoms with Crippen LogP contribution in [-0.2, 0) is 5.67 Å². The SMILES string of the molecule is CC(F)(c1cccc(O)c1)C1CCCCN1. The molecule has 0 aliphatic carbocycles. The first-order valence-corrected chi connectivity index (χ1v) is 5.82. The fourth-order valence-electron chi connectivity index (χ4n) is 2.33. The van der Waals surface area contributed by atoms with E-state index in [0.29, 0.717) is 5.56 Å². The van der Waals surface area contributed by atoms with Gasteiger partial charge in [-0.25, -0.2) is 4.39 Å². The summed E-state index contributed by atoms with van der Waals surface area (Å²) < 4.78 is 14.7. The van der Waals surface area contributed by atoms with Gasteiger partial charge in [-0.15, -0.1) is 0 Å². The standard InChI is InChI=1S/C13H18FNO/c1-13(14,12-7-2-3-8-15-12)10-5-4-6-11(16)9-10/h4-6,9,12,15-16H,2-3,7-8H2,1H3. The highest BCUT2D eigenvalue weighted by molar-refractivity contribution is 5.32. The summed E-state index contributed by atoms with van der Waals surface area (Å²) in [4.78, 5) is 0. The van der Waals surface area contributed by atoms with Gasteiger partial charge in [0.1, 0.15) is 11.4 Å². The van der Waals surface area contributed by atoms with Crippen LogP contribution in [0.1, 0.15) is 31.7 Å². The second kappa shape index (κ2) is 4.42. The number of rotatable bonds is 2. The van der Waals surface area contributed by atoms with Crippen LogP contribution in [0.4, 0.5) is 4.39 Å². The van der Waals surface area contributed by atoms with Gasteiger partial charge in [0.2, 0.25) is 0 Å². The smallest absolute Gasteiger partial charge is 0.148 e. The van der Waals surface area contributed by atoms with E-state index in [9.17, 15) is 9.50 Å². The molecule has 16 heavy (non-hydrogen) atoms. The summed E-state index contributed by atoms with van der Waals surface area (Å²) in [6.45, 7) is 2.47. The van der Waals surface area contributed by atoms with Crippen LogP contribution in [0, 0.1) is 0 Å². The first kappa shape index (κ1) is 11.4. The molecule has 2 atom stereocenters. The molecule has 1 saturated heterocycles. The van der Waals surface area contributed by atoms with Crippen LogP contribution in [0.2, 0.25) is 0 Å². The van der Waals surface area contributed by atoms with Crippen LogP contribution in [0.25, 0.3) is 0 Å². The van der Waals surface area contributed by atoms with Gasteiger partial charge in [0.25, 0.3) is 0 Å². The van der Waals surface area contributed by atoms with Crippen molar-refractivity contribution in [3.05, 3.63) is 29.8 Å². The van der Waals surface area contributed by atoms with Crippen LogP contribution >= 0.6 is 0 Å². The highest BCUT2D eigenvalue weighted by Gasteiger charge is 2.36. The van der Waals surface area contributed by atoms with Crippen molar-refractivity contribution in [1.82, 2.24) is 5.32 Å². The molecule has 1 aliphatic rings. The van der Waals surface area contributed by atoms with Gasteiger partial charge in [-0.2, -0.15) is 0 Å². The molecule has 1 aromatic carbocycles. The average molecular weight is 223 g/mol. The summed E-state index contributed by atoms with van der Waals surface area (Å²) in [5.41, 5.74) is -0.869. The first-order chi connectivity index (χ1) is 7.60. The number of hydrogen-bond acceptors (Lipinski definition) is 2. The molecule has 2 rings (SSSR count). The number of piperidine rings is 1. The third kappa shape index (κ3) is 2.19. The highest BCUT2D eigenvalue weighted by atomic mass is 19.1. The maximum Gasteiger partial charge on any atom is 0.148 e. The van der Waals surface area contributed by atoms with E-state index in [1.165, 1.54) is 6.07 Å². The van der Waals surface area contributed by atoms with Crippen molar-refractivity contribution in [1.29, 1.82) is 0 Å². The maximum absolute atomic E-state index is 14.7. The predicted octanol–water partition coefficient (Wildman–Crippen LogP) is 2.72. The summed E-state index contributed by atoms with van der Waals surface area (Å²) in [5.74, 6) is 0.122. The van der Waals surface area contributed by atoms with E-state index in [1.54, 1.807) is 25.1 Å². The Morgan fingerprint density at radius 1 is 1.44 bits per heavy atom. The molecule has 0 bridgehead atoms. The average Bonchev–Trinajstić information content (AvgIpc) is 2.30. The minimum atomic E-state index is -1.42. The van der Waals surface area contributed by atoms with Crippen molar-refractivity contribution in [3.63, 3.8) is 0 Å². The molecular formula is C13H18FNO. The number of benzene rings is 1. The van der Waals surface area contributed by atoms with Gasteiger partial charge in [-0.3, -0.25) is 0 Å². The summed E-state index contributed by atoms with van der Waals surface area (Å²) in [5, 5.41) is 12.6. The van der Waals surface area contributed by atoms with Gasteiger partial charge in [0.15, 0.2) is 0 Å². The third-order valence-electron chi connectivity index (χ3n) is 3.38. The van der Waals surface area contributed by atoms with Crippen LogP contribution in [-0.4, -0.2) is 17.7 Å². The van der Waals surface area contributed by atoms with E-state index in [1.807, 2.05) is 0 Å². The molecule has 2 unspecified atom stereocenters. The molecule has 1 fully saturated rings. The van der Waals surface area contributed by atoms with E-state index in [4.69, 9.17) is 0 Å². The van der Waals surface area contributed by atoms with E-state index in [0.717, 1.165) is 25.8 Å². The Kier molecular flexibility index (Phi) is 3.15. The third-order valence-corrected chi connectivity index (χ3v) is 3.38. The monoisotopic (exact) mass is 223 g/mol. The molecule has 2 nitrogen and oxygen atoms in total. The molecule has 2 N–H and O–H groups in total. The van der Waals surface area contributed by atoms with Gasteiger partial charge < -0.3 is 10.4 Å². The molecule has 88 valence electrons. The molecule has 1 heterocycles. The minimum Gasteiger partial charge on any atom is -0.508 e. The van der Waals surface area contributed by atoms with Gasteiger partial charge in [-0.1, -0.05) is 18.6 Å². The zero-order valence-electron chi connectivity index (χ0n) is 9.54. The highest BCUT2D eigenvalue weighted by Crippen LogP contribution is 2.34. The fourth-order valence-corrected chi connectivity index (χ4v) is 2.33. The van der Waals surface area contributed by atoms with E-state index in [2.05, 4.69) is 5.32 Å². The van der Waals surface area contributed by atoms with Crippen LogP contribution in [0.5, 0.6) is 5.75 Å². The number of alkyl halides is 1. The van der Waals surface area contributed by atoms with Gasteiger partial charge in [0.05, 0.1) is 0 Å². The molecular weight excluding hydrogens is 205 g/mol. The van der Waals surface area contributed by atoms with Crippen molar-refractivity contribution < 1.29 is 9.50 Å². The summed E-state index contributed by atoms with van der Waals surface area (Å²) in [6.07, 6.45) is 3.03. The largest absolute Gasteiger partial charge is 0.508 e. The molecule has 1 aromatic rings. The zero-order chi connectivity index (χ0) is 11.6. The Morgan fingerprint density at radius 3 is 2.88 bits per heavy atom. The molecule has 0 aromatic heterocycles. The second-order valence-corrected chi connectivity index (χ2v) is 4.63. The topological polar surface area (TPSA) is 32.3 Å². The molecule has 0 amide bonds. The Bertz CT molecular complexity index is 359. The first-order valence-electron chi connectivity index (χ1n) is 5.82. The number of aromatic hydroxyl groups is 1.